The maximum absolute atomic E-state index is 13.4. The first-order valence-corrected chi connectivity index (χ1v) is 5.48. The van der Waals surface area contributed by atoms with E-state index in [9.17, 15) is 13.6 Å². The van der Waals surface area contributed by atoms with Gasteiger partial charge in [-0.1, -0.05) is 0 Å². The highest BCUT2D eigenvalue weighted by atomic mass is 19.1. The Morgan fingerprint density at radius 2 is 2.24 bits per heavy atom. The average Bonchev–Trinajstić information content (AvgIpc) is 2.64. The van der Waals surface area contributed by atoms with Gasteiger partial charge in [-0.3, -0.25) is 4.79 Å². The van der Waals surface area contributed by atoms with Crippen molar-refractivity contribution in [3.05, 3.63) is 35.4 Å². The maximum atomic E-state index is 13.4. The molecule has 2 N–H and O–H groups in total. The molecule has 17 heavy (non-hydrogen) atoms. The molecule has 1 amide bonds. The Morgan fingerprint density at radius 1 is 1.47 bits per heavy atom. The Bertz CT molecular complexity index is 442. The minimum atomic E-state index is -0.836. The Balaban J connectivity index is 2.14. The van der Waals surface area contributed by atoms with E-state index in [0.717, 1.165) is 25.1 Å². The molecule has 0 bridgehead atoms. The van der Waals surface area contributed by atoms with E-state index in [1.165, 1.54) is 0 Å². The number of hydrogen-bond donors (Lipinski definition) is 2. The summed E-state index contributed by atoms with van der Waals surface area (Å²) in [6.45, 7) is 3.37. The van der Waals surface area contributed by atoms with Crippen LogP contribution in [0.3, 0.4) is 0 Å². The minimum absolute atomic E-state index is 0.125. The Hall–Kier alpha value is -1.49. The summed E-state index contributed by atoms with van der Waals surface area (Å²) in [5.74, 6) is -2.03. The third-order valence-corrected chi connectivity index (χ3v) is 2.96. The molecule has 3 nitrogen and oxygen atoms in total. The largest absolute Gasteiger partial charge is 0.345 e. The molecule has 5 heteroatoms. The van der Waals surface area contributed by atoms with E-state index in [0.29, 0.717) is 12.6 Å². The van der Waals surface area contributed by atoms with Crippen molar-refractivity contribution in [3.8, 4) is 0 Å². The smallest absolute Gasteiger partial charge is 0.254 e. The van der Waals surface area contributed by atoms with Crippen molar-refractivity contribution >= 4 is 5.91 Å². The van der Waals surface area contributed by atoms with Crippen LogP contribution in [0.4, 0.5) is 8.78 Å². The molecule has 1 aliphatic heterocycles. The molecule has 1 aromatic rings. The summed E-state index contributed by atoms with van der Waals surface area (Å²) in [6.07, 6.45) is 0.793. The van der Waals surface area contributed by atoms with Crippen molar-refractivity contribution in [2.75, 3.05) is 13.1 Å². The van der Waals surface area contributed by atoms with Crippen LogP contribution in [0.5, 0.6) is 0 Å². The lowest BCUT2D eigenvalue weighted by Crippen LogP contribution is -2.47. The second-order valence-corrected chi connectivity index (χ2v) is 4.57. The zero-order chi connectivity index (χ0) is 12.5. The zero-order valence-corrected chi connectivity index (χ0v) is 9.52. The normalized spacial score (nSPS) is 23.7. The monoisotopic (exact) mass is 240 g/mol. The van der Waals surface area contributed by atoms with Crippen LogP contribution in [-0.4, -0.2) is 24.5 Å². The topological polar surface area (TPSA) is 41.1 Å². The summed E-state index contributed by atoms with van der Waals surface area (Å²) in [4.78, 5) is 11.8. The van der Waals surface area contributed by atoms with Crippen LogP contribution in [0, 0.1) is 11.6 Å². The van der Waals surface area contributed by atoms with E-state index < -0.39 is 17.5 Å². The summed E-state index contributed by atoms with van der Waals surface area (Å²) < 4.78 is 26.1. The first-order valence-electron chi connectivity index (χ1n) is 5.48. The van der Waals surface area contributed by atoms with E-state index in [-0.39, 0.29) is 11.1 Å². The molecule has 1 heterocycles. The van der Waals surface area contributed by atoms with Crippen molar-refractivity contribution in [2.45, 2.75) is 18.9 Å². The van der Waals surface area contributed by atoms with Crippen LogP contribution in [0.1, 0.15) is 23.7 Å². The Labute approximate surface area is 98.2 Å². The second kappa shape index (κ2) is 4.41. The molecular weight excluding hydrogens is 226 g/mol. The van der Waals surface area contributed by atoms with E-state index >= 15 is 0 Å². The summed E-state index contributed by atoms with van der Waals surface area (Å²) in [6, 6.07) is 2.95. The van der Waals surface area contributed by atoms with Gasteiger partial charge in [0.15, 0.2) is 0 Å². The summed E-state index contributed by atoms with van der Waals surface area (Å²) in [7, 11) is 0. The maximum Gasteiger partial charge on any atom is 0.254 e. The minimum Gasteiger partial charge on any atom is -0.345 e. The molecule has 0 saturated carbocycles. The highest BCUT2D eigenvalue weighted by Crippen LogP contribution is 2.16. The Morgan fingerprint density at radius 3 is 2.82 bits per heavy atom. The average molecular weight is 240 g/mol. The van der Waals surface area contributed by atoms with Crippen molar-refractivity contribution in [1.29, 1.82) is 0 Å². The van der Waals surface area contributed by atoms with E-state index in [4.69, 9.17) is 0 Å². The number of carbonyl (C=O) groups excluding carboxylic acids is 1. The first kappa shape index (κ1) is 12.0. The summed E-state index contributed by atoms with van der Waals surface area (Å²) >= 11 is 0. The van der Waals surface area contributed by atoms with E-state index in [1.54, 1.807) is 0 Å². The van der Waals surface area contributed by atoms with Gasteiger partial charge in [0.25, 0.3) is 5.91 Å². The molecular formula is C12H14F2N2O. The van der Waals surface area contributed by atoms with Gasteiger partial charge in [-0.2, -0.15) is 0 Å². The molecule has 1 fully saturated rings. The number of halogens is 2. The Kier molecular flexibility index (Phi) is 3.11. The molecule has 1 aromatic carbocycles. The van der Waals surface area contributed by atoms with Gasteiger partial charge in [0.2, 0.25) is 0 Å². The molecule has 0 aliphatic carbocycles. The van der Waals surface area contributed by atoms with E-state index in [2.05, 4.69) is 10.6 Å². The predicted molar refractivity (Wildman–Crippen MR) is 59.7 cm³/mol. The summed E-state index contributed by atoms with van der Waals surface area (Å²) in [5, 5.41) is 5.89. The van der Waals surface area contributed by atoms with Gasteiger partial charge in [0.1, 0.15) is 11.6 Å². The number of nitrogens with one attached hydrogen (secondary N) is 2. The van der Waals surface area contributed by atoms with Crippen LogP contribution < -0.4 is 10.6 Å². The third kappa shape index (κ3) is 2.61. The lowest BCUT2D eigenvalue weighted by atomic mass is 10.0. The lowest BCUT2D eigenvalue weighted by Gasteiger charge is -2.24. The van der Waals surface area contributed by atoms with Gasteiger partial charge in [0.05, 0.1) is 11.1 Å². The van der Waals surface area contributed by atoms with Gasteiger partial charge in [-0.05, 0) is 32.0 Å². The van der Waals surface area contributed by atoms with Gasteiger partial charge < -0.3 is 10.6 Å². The predicted octanol–water partition coefficient (Wildman–Crippen LogP) is 1.45. The van der Waals surface area contributed by atoms with Crippen molar-refractivity contribution in [3.63, 3.8) is 0 Å². The number of benzene rings is 1. The first-order chi connectivity index (χ1) is 8.00. The number of carbonyl (C=O) groups is 1. The van der Waals surface area contributed by atoms with Crippen LogP contribution >= 0.6 is 0 Å². The van der Waals surface area contributed by atoms with Gasteiger partial charge in [0, 0.05) is 12.6 Å². The molecule has 92 valence electrons. The van der Waals surface area contributed by atoms with E-state index in [1.807, 2.05) is 6.92 Å². The molecule has 1 atom stereocenters. The molecule has 0 spiro atoms. The molecule has 2 rings (SSSR count). The highest BCUT2D eigenvalue weighted by Gasteiger charge is 2.30. The van der Waals surface area contributed by atoms with Gasteiger partial charge >= 0.3 is 0 Å². The SMILES string of the molecule is CC1(NC(=O)c2ccc(F)cc2F)CCNC1. The summed E-state index contributed by atoms with van der Waals surface area (Å²) in [5.41, 5.74) is -0.489. The van der Waals surface area contributed by atoms with Crippen molar-refractivity contribution in [2.24, 2.45) is 0 Å². The number of amides is 1. The van der Waals surface area contributed by atoms with Crippen molar-refractivity contribution in [1.82, 2.24) is 10.6 Å². The zero-order valence-electron chi connectivity index (χ0n) is 9.52. The molecule has 0 aromatic heterocycles. The van der Waals surface area contributed by atoms with Crippen LogP contribution in [0.2, 0.25) is 0 Å². The fraction of sp³-hybridized carbons (Fsp3) is 0.417. The molecule has 1 aliphatic rings. The second-order valence-electron chi connectivity index (χ2n) is 4.57. The van der Waals surface area contributed by atoms with Gasteiger partial charge in [-0.15, -0.1) is 0 Å². The van der Waals surface area contributed by atoms with Gasteiger partial charge in [-0.25, -0.2) is 8.78 Å². The van der Waals surface area contributed by atoms with Crippen LogP contribution in [0.15, 0.2) is 18.2 Å². The van der Waals surface area contributed by atoms with Crippen LogP contribution in [-0.2, 0) is 0 Å². The molecule has 0 radical (unpaired) electrons. The van der Waals surface area contributed by atoms with Crippen LogP contribution in [0.25, 0.3) is 0 Å². The number of rotatable bonds is 2. The quantitative estimate of drug-likeness (QED) is 0.821. The van der Waals surface area contributed by atoms with Crippen molar-refractivity contribution < 1.29 is 13.6 Å². The lowest BCUT2D eigenvalue weighted by molar-refractivity contribution is 0.0909. The fourth-order valence-electron chi connectivity index (χ4n) is 1.94. The standard InChI is InChI=1S/C12H14F2N2O/c1-12(4-5-15-7-12)16-11(17)9-3-2-8(13)6-10(9)14/h2-3,6,15H,4-5,7H2,1H3,(H,16,17). The number of hydrogen-bond acceptors (Lipinski definition) is 2. The fourth-order valence-corrected chi connectivity index (χ4v) is 1.94. The molecule has 1 unspecified atom stereocenters. The third-order valence-electron chi connectivity index (χ3n) is 2.96. The highest BCUT2D eigenvalue weighted by molar-refractivity contribution is 5.95. The molecule has 1 saturated heterocycles.